The molecule has 0 saturated heterocycles. The predicted molar refractivity (Wildman–Crippen MR) is 126 cm³/mol. The van der Waals surface area contributed by atoms with Gasteiger partial charge in [0.1, 0.15) is 17.6 Å². The van der Waals surface area contributed by atoms with Crippen LogP contribution in [0.15, 0.2) is 91.5 Å². The van der Waals surface area contributed by atoms with Crippen LogP contribution in [-0.4, -0.2) is 29.9 Å². The number of carbonyl (C=O) groups excluding carboxylic acids is 2. The van der Waals surface area contributed by atoms with Crippen LogP contribution in [0.25, 0.3) is 0 Å². The molecule has 0 aliphatic carbocycles. The zero-order chi connectivity index (χ0) is 23.6. The van der Waals surface area contributed by atoms with Crippen molar-refractivity contribution in [2.75, 3.05) is 13.2 Å². The minimum atomic E-state index is -0.932. The van der Waals surface area contributed by atoms with Crippen LogP contribution in [0, 0.1) is 5.82 Å². The number of hydrogen-bond donors (Lipinski definition) is 1. The van der Waals surface area contributed by atoms with E-state index in [0.717, 1.165) is 0 Å². The Morgan fingerprint density at radius 2 is 1.70 bits per heavy atom. The van der Waals surface area contributed by atoms with Crippen molar-refractivity contribution in [2.45, 2.75) is 12.6 Å². The van der Waals surface area contributed by atoms with Crippen LogP contribution in [0.1, 0.15) is 17.2 Å². The van der Waals surface area contributed by atoms with Crippen molar-refractivity contribution in [3.63, 3.8) is 0 Å². The highest BCUT2D eigenvalue weighted by atomic mass is 35.5. The molecule has 3 aromatic rings. The predicted octanol–water partition coefficient (Wildman–Crippen LogP) is 4.93. The lowest BCUT2D eigenvalue weighted by atomic mass is 10.0. The first-order chi connectivity index (χ1) is 16.0. The van der Waals surface area contributed by atoms with Crippen LogP contribution in [-0.2, 0) is 16.1 Å². The molecule has 0 aliphatic rings. The Bertz CT molecular complexity index is 1090. The lowest BCUT2D eigenvalue weighted by molar-refractivity contribution is -0.143. The number of nitrogens with zero attached hydrogens (tertiary/aromatic N) is 1. The quantitative estimate of drug-likeness (QED) is 0.431. The smallest absolute Gasteiger partial charge is 0.261 e. The van der Waals surface area contributed by atoms with E-state index in [4.69, 9.17) is 16.3 Å². The SMILES string of the molecule is C=CCNC(=O)[C@H](c1ccccc1)N(Cc1ccc(F)cc1)C(=O)COc1ccccc1Cl. The van der Waals surface area contributed by atoms with E-state index < -0.39 is 11.9 Å². The summed E-state index contributed by atoms with van der Waals surface area (Å²) in [7, 11) is 0. The zero-order valence-corrected chi connectivity index (χ0v) is 18.7. The van der Waals surface area contributed by atoms with E-state index in [1.54, 1.807) is 66.7 Å². The van der Waals surface area contributed by atoms with Crippen LogP contribution in [0.2, 0.25) is 5.02 Å². The number of rotatable bonds is 10. The Kier molecular flexibility index (Phi) is 8.61. The van der Waals surface area contributed by atoms with Crippen LogP contribution in [0.3, 0.4) is 0 Å². The molecule has 0 fully saturated rings. The van der Waals surface area contributed by atoms with Gasteiger partial charge >= 0.3 is 0 Å². The Hall–Kier alpha value is -3.64. The van der Waals surface area contributed by atoms with E-state index in [0.29, 0.717) is 21.9 Å². The van der Waals surface area contributed by atoms with E-state index in [9.17, 15) is 14.0 Å². The number of para-hydroxylation sites is 1. The molecule has 33 heavy (non-hydrogen) atoms. The molecule has 0 aliphatic heterocycles. The van der Waals surface area contributed by atoms with Gasteiger partial charge in [-0.1, -0.05) is 72.3 Å². The number of hydrogen-bond acceptors (Lipinski definition) is 3. The highest BCUT2D eigenvalue weighted by Crippen LogP contribution is 2.26. The number of ether oxygens (including phenoxy) is 1. The van der Waals surface area contributed by atoms with Gasteiger partial charge in [0, 0.05) is 13.1 Å². The largest absolute Gasteiger partial charge is 0.482 e. The standard InChI is InChI=1S/C26H24ClFN2O3/c1-2-16-29-26(32)25(20-8-4-3-5-9-20)30(17-19-12-14-21(28)15-13-19)24(31)18-33-23-11-7-6-10-22(23)27/h2-15,25H,1,16-18H2,(H,29,32)/t25-/m0/s1. The van der Waals surface area contributed by atoms with Crippen molar-refractivity contribution in [2.24, 2.45) is 0 Å². The van der Waals surface area contributed by atoms with Crippen molar-refractivity contribution >= 4 is 23.4 Å². The summed E-state index contributed by atoms with van der Waals surface area (Å²) in [6.07, 6.45) is 1.56. The normalized spacial score (nSPS) is 11.3. The fraction of sp³-hybridized carbons (Fsp3) is 0.154. The fourth-order valence-corrected chi connectivity index (χ4v) is 3.46. The second kappa shape index (κ2) is 11.8. The molecule has 170 valence electrons. The third-order valence-electron chi connectivity index (χ3n) is 4.87. The van der Waals surface area contributed by atoms with Crippen molar-refractivity contribution in [3.8, 4) is 5.75 Å². The summed E-state index contributed by atoms with van der Waals surface area (Å²) in [5, 5.41) is 3.15. The maximum absolute atomic E-state index is 13.4. The molecule has 0 bridgehead atoms. The summed E-state index contributed by atoms with van der Waals surface area (Å²) in [4.78, 5) is 27.9. The first-order valence-electron chi connectivity index (χ1n) is 10.3. The van der Waals surface area contributed by atoms with Gasteiger partial charge in [0.15, 0.2) is 6.61 Å². The molecule has 0 saturated carbocycles. The average Bonchev–Trinajstić information content (AvgIpc) is 2.83. The molecule has 0 unspecified atom stereocenters. The summed E-state index contributed by atoms with van der Waals surface area (Å²) in [5.41, 5.74) is 1.30. The minimum absolute atomic E-state index is 0.0755. The molecule has 7 heteroatoms. The van der Waals surface area contributed by atoms with Gasteiger partial charge in [-0.2, -0.15) is 0 Å². The average molecular weight is 467 g/mol. The highest BCUT2D eigenvalue weighted by Gasteiger charge is 2.31. The summed E-state index contributed by atoms with van der Waals surface area (Å²) < 4.78 is 19.1. The maximum Gasteiger partial charge on any atom is 0.261 e. The summed E-state index contributed by atoms with van der Waals surface area (Å²) in [5.74, 6) is -0.820. The van der Waals surface area contributed by atoms with Crippen LogP contribution >= 0.6 is 11.6 Å². The van der Waals surface area contributed by atoms with Crippen molar-refractivity contribution in [1.29, 1.82) is 0 Å². The van der Waals surface area contributed by atoms with Crippen molar-refractivity contribution in [1.82, 2.24) is 10.2 Å². The lowest BCUT2D eigenvalue weighted by Crippen LogP contribution is -2.45. The molecule has 3 rings (SSSR count). The van der Waals surface area contributed by atoms with Gasteiger partial charge in [0.2, 0.25) is 5.91 Å². The van der Waals surface area contributed by atoms with E-state index >= 15 is 0 Å². The zero-order valence-electron chi connectivity index (χ0n) is 17.9. The number of amides is 2. The number of benzene rings is 3. The second-order valence-corrected chi connectivity index (χ2v) is 7.62. The molecule has 0 spiro atoms. The number of nitrogens with one attached hydrogen (secondary N) is 1. The van der Waals surface area contributed by atoms with Gasteiger partial charge in [-0.3, -0.25) is 9.59 Å². The van der Waals surface area contributed by atoms with E-state index in [-0.39, 0.29) is 31.4 Å². The van der Waals surface area contributed by atoms with Gasteiger partial charge in [-0.05, 0) is 35.4 Å². The lowest BCUT2D eigenvalue weighted by Gasteiger charge is -2.31. The van der Waals surface area contributed by atoms with Crippen LogP contribution in [0.5, 0.6) is 5.75 Å². The van der Waals surface area contributed by atoms with Gasteiger partial charge in [-0.25, -0.2) is 4.39 Å². The third-order valence-corrected chi connectivity index (χ3v) is 5.18. The first kappa shape index (κ1) is 24.0. The van der Waals surface area contributed by atoms with E-state index in [1.807, 2.05) is 6.07 Å². The van der Waals surface area contributed by atoms with Crippen molar-refractivity contribution in [3.05, 3.63) is 113 Å². The van der Waals surface area contributed by atoms with Crippen LogP contribution < -0.4 is 10.1 Å². The third kappa shape index (κ3) is 6.67. The van der Waals surface area contributed by atoms with E-state index in [1.165, 1.54) is 17.0 Å². The molecule has 0 radical (unpaired) electrons. The molecule has 5 nitrogen and oxygen atoms in total. The summed E-state index contributed by atoms with van der Waals surface area (Å²) in [6, 6.07) is 20.6. The Morgan fingerprint density at radius 1 is 1.03 bits per heavy atom. The molecule has 3 aromatic carbocycles. The van der Waals surface area contributed by atoms with Gasteiger partial charge < -0.3 is 15.0 Å². The fourth-order valence-electron chi connectivity index (χ4n) is 3.27. The molecule has 2 amide bonds. The summed E-state index contributed by atoms with van der Waals surface area (Å²) >= 11 is 6.14. The molecule has 1 atom stereocenters. The topological polar surface area (TPSA) is 58.6 Å². The molecular formula is C26H24ClFN2O3. The van der Waals surface area contributed by atoms with Gasteiger partial charge in [0.25, 0.3) is 5.91 Å². The molecular weight excluding hydrogens is 443 g/mol. The molecule has 0 heterocycles. The monoisotopic (exact) mass is 466 g/mol. The van der Waals surface area contributed by atoms with Crippen LogP contribution in [0.4, 0.5) is 4.39 Å². The van der Waals surface area contributed by atoms with Gasteiger partial charge in [0.05, 0.1) is 5.02 Å². The summed E-state index contributed by atoms with van der Waals surface area (Å²) in [6.45, 7) is 3.62. The van der Waals surface area contributed by atoms with Gasteiger partial charge in [-0.15, -0.1) is 6.58 Å². The van der Waals surface area contributed by atoms with Crippen molar-refractivity contribution < 1.29 is 18.7 Å². The number of carbonyl (C=O) groups is 2. The Balaban J connectivity index is 1.93. The first-order valence-corrected chi connectivity index (χ1v) is 10.7. The second-order valence-electron chi connectivity index (χ2n) is 7.21. The van der Waals surface area contributed by atoms with E-state index in [2.05, 4.69) is 11.9 Å². The molecule has 1 N–H and O–H groups in total. The minimum Gasteiger partial charge on any atom is -0.482 e. The Labute approximate surface area is 197 Å². The molecule has 0 aromatic heterocycles. The maximum atomic E-state index is 13.4. The Morgan fingerprint density at radius 3 is 2.36 bits per heavy atom. The highest BCUT2D eigenvalue weighted by molar-refractivity contribution is 6.32. The number of halogens is 2.